The number of para-hydroxylation sites is 1. The van der Waals surface area contributed by atoms with E-state index in [1.807, 2.05) is 79.1 Å². The van der Waals surface area contributed by atoms with Crippen LogP contribution in [-0.2, 0) is 25.7 Å². The van der Waals surface area contributed by atoms with E-state index in [9.17, 15) is 9.59 Å². The summed E-state index contributed by atoms with van der Waals surface area (Å²) in [5, 5.41) is 0. The highest BCUT2D eigenvalue weighted by Crippen LogP contribution is 2.35. The number of benzene rings is 3. The number of aromatic nitrogens is 2. The molecule has 0 saturated heterocycles. The number of fused-ring (bicyclic) bond motifs is 2. The molecule has 0 fully saturated rings. The van der Waals surface area contributed by atoms with Gasteiger partial charge in [-0.05, 0) is 123 Å². The normalized spacial score (nSPS) is 14.3. The Morgan fingerprint density at radius 2 is 1.17 bits per heavy atom. The second-order valence-electron chi connectivity index (χ2n) is 11.6. The van der Waals surface area contributed by atoms with Crippen LogP contribution in [0.25, 0.3) is 33.6 Å². The van der Waals surface area contributed by atoms with E-state index in [4.69, 9.17) is 0 Å². The molecular weight excluding hydrogens is 523 g/mol. The molecule has 0 saturated carbocycles. The maximum absolute atomic E-state index is 15.5. The Kier molecular flexibility index (Phi) is 6.73. The largest absolute Gasteiger partial charge is 0.284 e. The SMILES string of the molecule is Cc1cn(-c2cccc(-c3cc(-c4cn(-c5ccccc5)c(=O)c5c4CCCC5)ccc3F)c2)c(=O)c2c1CCCC2. The topological polar surface area (TPSA) is 44.0 Å². The Morgan fingerprint density at radius 1 is 0.571 bits per heavy atom. The molecule has 0 radical (unpaired) electrons. The van der Waals surface area contributed by atoms with Gasteiger partial charge in [0.25, 0.3) is 11.1 Å². The maximum Gasteiger partial charge on any atom is 0.258 e. The first-order valence-corrected chi connectivity index (χ1v) is 15.0. The first-order chi connectivity index (χ1) is 20.5. The molecule has 3 aromatic carbocycles. The first kappa shape index (κ1) is 26.4. The summed E-state index contributed by atoms with van der Waals surface area (Å²) in [7, 11) is 0. The van der Waals surface area contributed by atoms with Gasteiger partial charge in [-0.2, -0.15) is 0 Å². The van der Waals surface area contributed by atoms with E-state index < -0.39 is 0 Å². The molecule has 0 unspecified atom stereocenters. The smallest absolute Gasteiger partial charge is 0.258 e. The molecule has 210 valence electrons. The summed E-state index contributed by atoms with van der Waals surface area (Å²) in [6.45, 7) is 2.07. The van der Waals surface area contributed by atoms with Crippen LogP contribution in [0, 0.1) is 12.7 Å². The fourth-order valence-corrected chi connectivity index (χ4v) is 6.86. The average molecular weight is 557 g/mol. The van der Waals surface area contributed by atoms with Crippen LogP contribution < -0.4 is 11.1 Å². The van der Waals surface area contributed by atoms with Gasteiger partial charge in [0.15, 0.2) is 0 Å². The van der Waals surface area contributed by atoms with E-state index in [1.165, 1.54) is 11.6 Å². The van der Waals surface area contributed by atoms with Gasteiger partial charge in [0.2, 0.25) is 0 Å². The van der Waals surface area contributed by atoms with E-state index >= 15 is 4.39 Å². The van der Waals surface area contributed by atoms with Crippen molar-refractivity contribution in [2.24, 2.45) is 0 Å². The minimum absolute atomic E-state index is 0.0245. The number of halogens is 1. The summed E-state index contributed by atoms with van der Waals surface area (Å²) < 4.78 is 18.9. The Balaban J connectivity index is 1.36. The van der Waals surface area contributed by atoms with Crippen molar-refractivity contribution in [2.75, 3.05) is 0 Å². The fourth-order valence-electron chi connectivity index (χ4n) is 6.86. The Bertz CT molecular complexity index is 1950. The van der Waals surface area contributed by atoms with Crippen molar-refractivity contribution in [2.45, 2.75) is 58.3 Å². The van der Waals surface area contributed by atoms with Crippen LogP contribution in [0.1, 0.15) is 53.5 Å². The third-order valence-corrected chi connectivity index (χ3v) is 9.02. The van der Waals surface area contributed by atoms with E-state index in [2.05, 4.69) is 6.92 Å². The summed E-state index contributed by atoms with van der Waals surface area (Å²) in [6, 6.07) is 22.5. The predicted octanol–water partition coefficient (Wildman–Crippen LogP) is 7.53. The van der Waals surface area contributed by atoms with Crippen molar-refractivity contribution < 1.29 is 4.39 Å². The fraction of sp³-hybridized carbons (Fsp3) is 0.243. The lowest BCUT2D eigenvalue weighted by Crippen LogP contribution is -2.26. The number of nitrogens with zero attached hydrogens (tertiary/aromatic N) is 2. The second-order valence-corrected chi connectivity index (χ2v) is 11.6. The van der Waals surface area contributed by atoms with Gasteiger partial charge < -0.3 is 0 Å². The molecule has 0 aliphatic heterocycles. The van der Waals surface area contributed by atoms with Crippen LogP contribution >= 0.6 is 0 Å². The van der Waals surface area contributed by atoms with E-state index in [-0.39, 0.29) is 16.9 Å². The van der Waals surface area contributed by atoms with Gasteiger partial charge in [-0.3, -0.25) is 18.7 Å². The number of rotatable bonds is 4. The summed E-state index contributed by atoms with van der Waals surface area (Å²) in [5.41, 5.74) is 9.78. The predicted molar refractivity (Wildman–Crippen MR) is 166 cm³/mol. The number of hydrogen-bond acceptors (Lipinski definition) is 2. The standard InChI is InChI=1S/C37H33FN2O2/c1-24-22-39(36(41)31-16-7-5-14-29(24)31)28-13-9-10-25(20-28)33-21-26(18-19-35(33)38)34-23-40(27-11-3-2-4-12-27)37(42)32-17-8-6-15-30(32)34/h2-4,9-13,18-23H,5-8,14-17H2,1H3. The van der Waals surface area contributed by atoms with Crippen LogP contribution in [0.15, 0.2) is 94.8 Å². The number of aryl methyl sites for hydroxylation is 1. The van der Waals surface area contributed by atoms with Crippen molar-refractivity contribution in [3.63, 3.8) is 0 Å². The van der Waals surface area contributed by atoms with Crippen molar-refractivity contribution in [1.82, 2.24) is 9.13 Å². The number of hydrogen-bond donors (Lipinski definition) is 0. The van der Waals surface area contributed by atoms with Crippen LogP contribution in [0.2, 0.25) is 0 Å². The zero-order chi connectivity index (χ0) is 28.8. The quantitative estimate of drug-likeness (QED) is 0.230. The highest BCUT2D eigenvalue weighted by Gasteiger charge is 2.22. The van der Waals surface area contributed by atoms with Crippen molar-refractivity contribution >= 4 is 0 Å². The van der Waals surface area contributed by atoms with Gasteiger partial charge >= 0.3 is 0 Å². The molecule has 2 aliphatic carbocycles. The van der Waals surface area contributed by atoms with Crippen LogP contribution in [0.4, 0.5) is 4.39 Å². The molecule has 5 aromatic rings. The zero-order valence-corrected chi connectivity index (χ0v) is 23.8. The Labute approximate surface area is 244 Å². The third-order valence-electron chi connectivity index (χ3n) is 9.02. The van der Waals surface area contributed by atoms with Gasteiger partial charge in [-0.1, -0.05) is 36.4 Å². The lowest BCUT2D eigenvalue weighted by molar-refractivity contribution is 0.631. The summed E-state index contributed by atoms with van der Waals surface area (Å²) in [6.07, 6.45) is 11.4. The molecule has 2 aliphatic rings. The average Bonchev–Trinajstić information content (AvgIpc) is 3.04. The molecule has 4 nitrogen and oxygen atoms in total. The molecule has 0 amide bonds. The molecule has 0 atom stereocenters. The van der Waals surface area contributed by atoms with Crippen molar-refractivity contribution in [1.29, 1.82) is 0 Å². The summed E-state index contributed by atoms with van der Waals surface area (Å²) >= 11 is 0. The van der Waals surface area contributed by atoms with Crippen molar-refractivity contribution in [3.05, 3.63) is 140 Å². The molecule has 2 aromatic heterocycles. The lowest BCUT2D eigenvalue weighted by atomic mass is 9.86. The highest BCUT2D eigenvalue weighted by atomic mass is 19.1. The van der Waals surface area contributed by atoms with Gasteiger partial charge in [0.1, 0.15) is 5.82 Å². The monoisotopic (exact) mass is 556 g/mol. The molecule has 5 heteroatoms. The Morgan fingerprint density at radius 3 is 1.90 bits per heavy atom. The highest BCUT2D eigenvalue weighted by molar-refractivity contribution is 5.76. The van der Waals surface area contributed by atoms with Gasteiger partial charge in [0, 0.05) is 46.0 Å². The second kappa shape index (κ2) is 10.7. The molecule has 42 heavy (non-hydrogen) atoms. The molecule has 0 bridgehead atoms. The lowest BCUT2D eigenvalue weighted by Gasteiger charge is -2.22. The third kappa shape index (κ3) is 4.53. The molecule has 0 spiro atoms. The summed E-state index contributed by atoms with van der Waals surface area (Å²) in [4.78, 5) is 27.0. The molecule has 7 rings (SSSR count). The minimum atomic E-state index is -0.324. The first-order valence-electron chi connectivity index (χ1n) is 15.0. The maximum atomic E-state index is 15.5. The van der Waals surface area contributed by atoms with Crippen LogP contribution in [0.5, 0.6) is 0 Å². The van der Waals surface area contributed by atoms with Crippen molar-refractivity contribution in [3.8, 4) is 33.6 Å². The molecular formula is C37H33FN2O2. The Hall–Kier alpha value is -4.51. The van der Waals surface area contributed by atoms with Gasteiger partial charge in [0.05, 0.1) is 0 Å². The van der Waals surface area contributed by atoms with Crippen LogP contribution in [-0.4, -0.2) is 9.13 Å². The summed E-state index contributed by atoms with van der Waals surface area (Å²) in [5.74, 6) is -0.324. The van der Waals surface area contributed by atoms with E-state index in [0.29, 0.717) is 11.1 Å². The molecule has 0 N–H and O–H groups in total. The molecule has 2 heterocycles. The van der Waals surface area contributed by atoms with Crippen LogP contribution in [0.3, 0.4) is 0 Å². The number of pyridine rings is 2. The zero-order valence-electron chi connectivity index (χ0n) is 23.8. The van der Waals surface area contributed by atoms with E-state index in [0.717, 1.165) is 96.1 Å². The van der Waals surface area contributed by atoms with Gasteiger partial charge in [-0.15, -0.1) is 0 Å². The minimum Gasteiger partial charge on any atom is -0.284 e. The van der Waals surface area contributed by atoms with Gasteiger partial charge in [-0.25, -0.2) is 4.39 Å². The van der Waals surface area contributed by atoms with E-state index in [1.54, 1.807) is 9.13 Å².